The van der Waals surface area contributed by atoms with Crippen LogP contribution in [0.15, 0.2) is 36.4 Å². The lowest BCUT2D eigenvalue weighted by atomic mass is 9.73. The van der Waals surface area contributed by atoms with E-state index in [1.807, 2.05) is 6.07 Å². The first kappa shape index (κ1) is 37.0. The number of hydrogen-bond acceptors (Lipinski definition) is 5. The standard InChI is InChI=1S/C46H54Cl2N2O2SSi/c1-9-10-11-20-53-21-22-54(8)41-29-14-12-18-49-39(29)31(27(2)25-44(49,4)5)23-33(41)46(38-36(48)17-16-35(47)37(38)43(51)52-46)34-24-32-28(3)26-45(6,7)50-19-13-15-30(40(32)50)42(34)54/h16-17,23-26H,9-15,18-22H2,1-8H3. The number of halogens is 2. The second-order valence-corrected chi connectivity index (χ2v) is 24.3. The molecule has 0 aliphatic carbocycles. The van der Waals surface area contributed by atoms with Gasteiger partial charge in [-0.2, -0.15) is 11.8 Å². The van der Waals surface area contributed by atoms with Crippen molar-refractivity contribution in [2.24, 2.45) is 0 Å². The van der Waals surface area contributed by atoms with Gasteiger partial charge in [0.25, 0.3) is 0 Å². The molecule has 3 aromatic rings. The lowest BCUT2D eigenvalue weighted by Gasteiger charge is -2.54. The highest BCUT2D eigenvalue weighted by Crippen LogP contribution is 2.58. The molecule has 54 heavy (non-hydrogen) atoms. The van der Waals surface area contributed by atoms with E-state index in [0.717, 1.165) is 67.3 Å². The number of benzene rings is 3. The Morgan fingerprint density at radius 2 is 1.35 bits per heavy atom. The number of fused-ring (bicyclic) bond motifs is 8. The van der Waals surface area contributed by atoms with E-state index in [1.54, 1.807) is 6.07 Å². The molecule has 6 heterocycles. The van der Waals surface area contributed by atoms with Crippen molar-refractivity contribution in [3.63, 3.8) is 0 Å². The zero-order chi connectivity index (χ0) is 38.1. The molecular formula is C46H54Cl2N2O2SSi. The van der Waals surface area contributed by atoms with Gasteiger partial charge in [-0.25, -0.2) is 4.79 Å². The molecule has 0 N–H and O–H groups in total. The number of thioether (sulfide) groups is 1. The molecule has 0 saturated carbocycles. The fourth-order valence-electron chi connectivity index (χ4n) is 11.6. The molecule has 0 atom stereocenters. The molecule has 0 unspecified atom stereocenters. The highest BCUT2D eigenvalue weighted by molar-refractivity contribution is 7.99. The predicted molar refractivity (Wildman–Crippen MR) is 234 cm³/mol. The quantitative estimate of drug-likeness (QED) is 0.135. The summed E-state index contributed by atoms with van der Waals surface area (Å²) in [5, 5.41) is 3.92. The van der Waals surface area contributed by atoms with Crippen molar-refractivity contribution in [2.45, 2.75) is 123 Å². The molecule has 0 bridgehead atoms. The van der Waals surface area contributed by atoms with Gasteiger partial charge in [0.05, 0.1) is 21.7 Å². The van der Waals surface area contributed by atoms with Gasteiger partial charge < -0.3 is 14.5 Å². The minimum absolute atomic E-state index is 0.0951. The van der Waals surface area contributed by atoms with Gasteiger partial charge in [-0.05, 0) is 148 Å². The molecule has 8 heteroatoms. The lowest BCUT2D eigenvalue weighted by molar-refractivity contribution is 0.0255. The summed E-state index contributed by atoms with van der Waals surface area (Å²) >= 11 is 16.5. The van der Waals surface area contributed by atoms with Gasteiger partial charge in [0, 0.05) is 57.3 Å². The van der Waals surface area contributed by atoms with Crippen LogP contribution in [0.25, 0.3) is 11.1 Å². The van der Waals surface area contributed by atoms with Gasteiger partial charge in [0.1, 0.15) is 8.07 Å². The molecule has 6 aliphatic heterocycles. The molecule has 0 amide bonds. The Kier molecular flexibility index (Phi) is 8.68. The third-order valence-corrected chi connectivity index (χ3v) is 20.4. The van der Waals surface area contributed by atoms with Gasteiger partial charge in [0.15, 0.2) is 5.60 Å². The first-order valence-corrected chi connectivity index (χ1v) is 25.0. The van der Waals surface area contributed by atoms with E-state index in [1.165, 1.54) is 80.2 Å². The maximum atomic E-state index is 14.5. The van der Waals surface area contributed by atoms with Crippen molar-refractivity contribution in [1.29, 1.82) is 0 Å². The SMILES string of the molecule is CCCCCSCC[Si]1(C)c2c(cc3c4c2CCCN4C(C)(C)C=C3C)C2(OC(=O)c3c(Cl)ccc(Cl)c32)c2cc3c4c(c21)CCCN4C(C)(C)C=C3C. The summed E-state index contributed by atoms with van der Waals surface area (Å²) in [7, 11) is -2.57. The van der Waals surface area contributed by atoms with Gasteiger partial charge in [-0.15, -0.1) is 0 Å². The monoisotopic (exact) mass is 796 g/mol. The van der Waals surface area contributed by atoms with E-state index in [0.29, 0.717) is 15.6 Å². The van der Waals surface area contributed by atoms with E-state index in [9.17, 15) is 4.79 Å². The zero-order valence-corrected chi connectivity index (χ0v) is 36.7. The number of ether oxygens (including phenoxy) is 1. The number of nitrogens with zero attached hydrogens (tertiary/aromatic N) is 2. The molecule has 9 rings (SSSR count). The molecule has 0 saturated heterocycles. The van der Waals surface area contributed by atoms with Crippen LogP contribution in [0.2, 0.25) is 22.6 Å². The maximum Gasteiger partial charge on any atom is 0.341 e. The van der Waals surface area contributed by atoms with Crippen LogP contribution in [0, 0.1) is 0 Å². The van der Waals surface area contributed by atoms with Crippen LogP contribution in [0.5, 0.6) is 0 Å². The minimum atomic E-state index is -2.57. The van der Waals surface area contributed by atoms with Crippen LogP contribution >= 0.6 is 35.0 Å². The Hall–Kier alpha value is -2.64. The second kappa shape index (κ2) is 12.7. The Labute approximate surface area is 337 Å². The van der Waals surface area contributed by atoms with Crippen molar-refractivity contribution in [3.05, 3.63) is 91.0 Å². The number of hydrogen-bond donors (Lipinski definition) is 0. The van der Waals surface area contributed by atoms with Crippen molar-refractivity contribution in [3.8, 4) is 0 Å². The van der Waals surface area contributed by atoms with Crippen LogP contribution < -0.4 is 20.2 Å². The fraction of sp³-hybridized carbons (Fsp3) is 0.500. The molecule has 284 valence electrons. The minimum Gasteiger partial charge on any atom is -0.440 e. The average molecular weight is 798 g/mol. The Balaban J connectivity index is 1.44. The van der Waals surface area contributed by atoms with Gasteiger partial charge in [-0.1, -0.05) is 61.7 Å². The largest absolute Gasteiger partial charge is 0.440 e. The zero-order valence-electron chi connectivity index (χ0n) is 33.3. The van der Waals surface area contributed by atoms with E-state index in [2.05, 4.69) is 101 Å². The van der Waals surface area contributed by atoms with Gasteiger partial charge >= 0.3 is 5.97 Å². The number of carbonyl (C=O) groups excluding carboxylic acids is 1. The number of rotatable bonds is 7. The normalized spacial score (nSPS) is 25.0. The lowest BCUT2D eigenvalue weighted by Crippen LogP contribution is -2.68. The molecule has 6 aliphatic rings. The first-order valence-electron chi connectivity index (χ1n) is 20.3. The molecular weight excluding hydrogens is 744 g/mol. The van der Waals surface area contributed by atoms with Crippen LogP contribution in [0.1, 0.15) is 130 Å². The third-order valence-electron chi connectivity index (χ3n) is 13.7. The van der Waals surface area contributed by atoms with E-state index < -0.39 is 13.7 Å². The van der Waals surface area contributed by atoms with E-state index in [4.69, 9.17) is 27.9 Å². The molecule has 1 spiro atoms. The van der Waals surface area contributed by atoms with Crippen molar-refractivity contribution in [1.82, 2.24) is 0 Å². The van der Waals surface area contributed by atoms with Crippen molar-refractivity contribution >= 4 is 81.9 Å². The number of esters is 1. The summed E-state index contributed by atoms with van der Waals surface area (Å²) < 4.78 is 7.10. The number of anilines is 2. The second-order valence-electron chi connectivity index (χ2n) is 18.1. The van der Waals surface area contributed by atoms with Crippen LogP contribution in [-0.4, -0.2) is 49.7 Å². The van der Waals surface area contributed by atoms with Crippen LogP contribution in [-0.2, 0) is 23.2 Å². The topological polar surface area (TPSA) is 32.8 Å². The fourth-order valence-corrected chi connectivity index (χ4v) is 19.2. The molecule has 0 radical (unpaired) electrons. The Bertz CT molecular complexity index is 2110. The molecule has 0 fully saturated rings. The molecule has 3 aromatic carbocycles. The number of carbonyl (C=O) groups is 1. The smallest absolute Gasteiger partial charge is 0.341 e. The van der Waals surface area contributed by atoms with Gasteiger partial charge in [-0.3, -0.25) is 0 Å². The van der Waals surface area contributed by atoms with E-state index >= 15 is 0 Å². The van der Waals surface area contributed by atoms with Crippen LogP contribution in [0.4, 0.5) is 11.4 Å². The summed E-state index contributed by atoms with van der Waals surface area (Å²) in [6.07, 6.45) is 12.9. The van der Waals surface area contributed by atoms with Gasteiger partial charge in [0.2, 0.25) is 0 Å². The highest BCUT2D eigenvalue weighted by Gasteiger charge is 2.61. The summed E-state index contributed by atoms with van der Waals surface area (Å²) in [5.74, 6) is 1.94. The average Bonchev–Trinajstić information content (AvgIpc) is 3.45. The predicted octanol–water partition coefficient (Wildman–Crippen LogP) is 10.8. The molecule has 4 nitrogen and oxygen atoms in total. The summed E-state index contributed by atoms with van der Waals surface area (Å²) in [6, 6.07) is 9.66. The summed E-state index contributed by atoms with van der Waals surface area (Å²) in [6.45, 7) is 21.1. The molecule has 0 aromatic heterocycles. The Morgan fingerprint density at radius 3 is 1.89 bits per heavy atom. The maximum absolute atomic E-state index is 14.5. The van der Waals surface area contributed by atoms with E-state index in [-0.39, 0.29) is 17.0 Å². The van der Waals surface area contributed by atoms with Crippen molar-refractivity contribution in [2.75, 3.05) is 34.4 Å². The summed E-state index contributed by atoms with van der Waals surface area (Å²) in [5.41, 5.74) is 12.9. The Morgan fingerprint density at radius 1 is 0.815 bits per heavy atom. The number of unbranched alkanes of at least 4 members (excludes halogenated alkanes) is 2. The van der Waals surface area contributed by atoms with Crippen LogP contribution in [0.3, 0.4) is 0 Å². The number of allylic oxidation sites excluding steroid dienone is 2. The third kappa shape index (κ3) is 4.97. The summed E-state index contributed by atoms with van der Waals surface area (Å²) in [4.78, 5) is 19.9. The van der Waals surface area contributed by atoms with Crippen molar-refractivity contribution < 1.29 is 9.53 Å². The highest BCUT2D eigenvalue weighted by atomic mass is 35.5. The first-order chi connectivity index (χ1) is 25.7.